The summed E-state index contributed by atoms with van der Waals surface area (Å²) in [6.45, 7) is 0.426. The summed E-state index contributed by atoms with van der Waals surface area (Å²) in [6, 6.07) is 5.56. The van der Waals surface area contributed by atoms with E-state index in [0.29, 0.717) is 12.2 Å². The third-order valence-corrected chi connectivity index (χ3v) is 2.48. The molecule has 1 aliphatic heterocycles. The fourth-order valence-electron chi connectivity index (χ4n) is 1.91. The van der Waals surface area contributed by atoms with Gasteiger partial charge in [-0.25, -0.2) is 8.78 Å². The van der Waals surface area contributed by atoms with Crippen molar-refractivity contribution in [1.29, 1.82) is 0 Å². The topological polar surface area (TPSA) is 29.3 Å². The first-order valence-electron chi connectivity index (χ1n) is 4.59. The van der Waals surface area contributed by atoms with Gasteiger partial charge in [0.2, 0.25) is 0 Å². The number of para-hydroxylation sites is 1. The van der Waals surface area contributed by atoms with Crippen molar-refractivity contribution in [3.63, 3.8) is 0 Å². The van der Waals surface area contributed by atoms with Crippen molar-refractivity contribution in [1.82, 2.24) is 0 Å². The van der Waals surface area contributed by atoms with E-state index in [1.165, 1.54) is 0 Å². The number of fused-ring (bicyclic) bond motifs is 1. The van der Waals surface area contributed by atoms with Crippen LogP contribution in [-0.4, -0.2) is 19.5 Å². The van der Waals surface area contributed by atoms with Crippen molar-refractivity contribution >= 4 is 11.4 Å². The van der Waals surface area contributed by atoms with Crippen molar-refractivity contribution in [2.75, 3.05) is 23.7 Å². The molecule has 0 saturated heterocycles. The smallest absolute Gasteiger partial charge is 0.255 e. The molecule has 1 aromatic rings. The Morgan fingerprint density at radius 1 is 1.43 bits per heavy atom. The molecule has 1 aromatic carbocycles. The minimum Gasteiger partial charge on any atom is -0.397 e. The molecule has 0 unspecified atom stereocenters. The highest BCUT2D eigenvalue weighted by Gasteiger charge is 2.23. The minimum atomic E-state index is -2.31. The third kappa shape index (κ3) is 1.52. The lowest BCUT2D eigenvalue weighted by atomic mass is 10.1. The molecular formula is C10H12F2N2. The standard InChI is InChI=1S/C10H12F2N2/c11-9(12)6-14-5-4-7-2-1-3-8(13)10(7)14/h1-3,9H,4-6,13H2. The molecule has 0 atom stereocenters. The lowest BCUT2D eigenvalue weighted by Gasteiger charge is -2.20. The van der Waals surface area contributed by atoms with Gasteiger partial charge in [0.05, 0.1) is 17.9 Å². The zero-order chi connectivity index (χ0) is 10.1. The Morgan fingerprint density at radius 3 is 2.93 bits per heavy atom. The average Bonchev–Trinajstić information content (AvgIpc) is 2.49. The first-order chi connectivity index (χ1) is 6.68. The predicted octanol–water partition coefficient (Wildman–Crippen LogP) is 1.90. The van der Waals surface area contributed by atoms with Gasteiger partial charge in [-0.15, -0.1) is 0 Å². The number of nitrogens with zero attached hydrogens (tertiary/aromatic N) is 1. The van der Waals surface area contributed by atoms with Crippen LogP contribution in [-0.2, 0) is 6.42 Å². The summed E-state index contributed by atoms with van der Waals surface area (Å²) < 4.78 is 24.5. The van der Waals surface area contributed by atoms with E-state index in [1.807, 2.05) is 12.1 Å². The molecule has 1 heterocycles. The van der Waals surface area contributed by atoms with Gasteiger partial charge in [-0.2, -0.15) is 0 Å². The van der Waals surface area contributed by atoms with Gasteiger partial charge < -0.3 is 10.6 Å². The van der Waals surface area contributed by atoms with Crippen molar-refractivity contribution in [3.05, 3.63) is 23.8 Å². The van der Waals surface area contributed by atoms with Gasteiger partial charge in [-0.1, -0.05) is 12.1 Å². The summed E-state index contributed by atoms with van der Waals surface area (Å²) in [5, 5.41) is 0. The molecule has 0 saturated carbocycles. The second-order valence-corrected chi connectivity index (χ2v) is 3.44. The molecule has 14 heavy (non-hydrogen) atoms. The van der Waals surface area contributed by atoms with Crippen LogP contribution >= 0.6 is 0 Å². The zero-order valence-corrected chi connectivity index (χ0v) is 7.71. The Bertz CT molecular complexity index is 339. The van der Waals surface area contributed by atoms with Crippen LogP contribution in [0.3, 0.4) is 0 Å². The van der Waals surface area contributed by atoms with Gasteiger partial charge in [-0.3, -0.25) is 0 Å². The highest BCUT2D eigenvalue weighted by molar-refractivity contribution is 5.74. The molecule has 0 spiro atoms. The van der Waals surface area contributed by atoms with Gasteiger partial charge >= 0.3 is 0 Å². The van der Waals surface area contributed by atoms with Crippen LogP contribution in [0.15, 0.2) is 18.2 Å². The van der Waals surface area contributed by atoms with Crippen LogP contribution in [0.5, 0.6) is 0 Å². The number of nitrogens with two attached hydrogens (primary N) is 1. The minimum absolute atomic E-state index is 0.221. The average molecular weight is 198 g/mol. The molecule has 4 heteroatoms. The van der Waals surface area contributed by atoms with Crippen LogP contribution in [0.4, 0.5) is 20.2 Å². The molecule has 76 valence electrons. The quantitative estimate of drug-likeness (QED) is 0.735. The van der Waals surface area contributed by atoms with Gasteiger partial charge in [0.1, 0.15) is 0 Å². The first kappa shape index (κ1) is 9.24. The van der Waals surface area contributed by atoms with Crippen LogP contribution in [0, 0.1) is 0 Å². The number of nitrogen functional groups attached to an aromatic ring is 1. The molecule has 0 aliphatic carbocycles. The Morgan fingerprint density at radius 2 is 2.21 bits per heavy atom. The number of benzene rings is 1. The summed E-state index contributed by atoms with van der Waals surface area (Å²) in [5.41, 5.74) is 8.22. The van der Waals surface area contributed by atoms with Gasteiger partial charge in [0.25, 0.3) is 6.43 Å². The monoisotopic (exact) mass is 198 g/mol. The summed E-state index contributed by atoms with van der Waals surface area (Å²) in [5.74, 6) is 0. The molecular weight excluding hydrogens is 186 g/mol. The Kier molecular flexibility index (Phi) is 2.27. The van der Waals surface area contributed by atoms with E-state index in [1.54, 1.807) is 11.0 Å². The van der Waals surface area contributed by atoms with E-state index in [2.05, 4.69) is 0 Å². The fraction of sp³-hybridized carbons (Fsp3) is 0.400. The van der Waals surface area contributed by atoms with Crippen molar-refractivity contribution in [2.45, 2.75) is 12.8 Å². The molecule has 0 amide bonds. The number of alkyl halides is 2. The Balaban J connectivity index is 2.29. The molecule has 2 nitrogen and oxygen atoms in total. The van der Waals surface area contributed by atoms with Gasteiger partial charge in [0, 0.05) is 6.54 Å². The largest absolute Gasteiger partial charge is 0.397 e. The predicted molar refractivity (Wildman–Crippen MR) is 52.8 cm³/mol. The van der Waals surface area contributed by atoms with Crippen LogP contribution in [0.25, 0.3) is 0 Å². The normalized spacial score (nSPS) is 14.9. The molecule has 2 rings (SSSR count). The molecule has 0 aromatic heterocycles. The van der Waals surface area contributed by atoms with Crippen LogP contribution in [0.1, 0.15) is 5.56 Å². The highest BCUT2D eigenvalue weighted by atomic mass is 19.3. The maximum atomic E-state index is 12.2. The van der Waals surface area contributed by atoms with Gasteiger partial charge in [-0.05, 0) is 18.1 Å². The number of hydrogen-bond acceptors (Lipinski definition) is 2. The highest BCUT2D eigenvalue weighted by Crippen LogP contribution is 2.33. The van der Waals surface area contributed by atoms with Crippen LogP contribution < -0.4 is 10.6 Å². The van der Waals surface area contributed by atoms with E-state index >= 15 is 0 Å². The maximum Gasteiger partial charge on any atom is 0.255 e. The molecule has 2 N–H and O–H groups in total. The summed E-state index contributed by atoms with van der Waals surface area (Å²) in [4.78, 5) is 1.66. The number of rotatable bonds is 2. The van der Waals surface area contributed by atoms with Crippen molar-refractivity contribution in [2.24, 2.45) is 0 Å². The van der Waals surface area contributed by atoms with E-state index in [9.17, 15) is 8.78 Å². The number of halogens is 2. The molecule has 1 aliphatic rings. The van der Waals surface area contributed by atoms with E-state index in [4.69, 9.17) is 5.73 Å². The zero-order valence-electron chi connectivity index (χ0n) is 7.71. The van der Waals surface area contributed by atoms with E-state index < -0.39 is 6.43 Å². The van der Waals surface area contributed by atoms with E-state index in [-0.39, 0.29) is 6.54 Å². The maximum absolute atomic E-state index is 12.2. The van der Waals surface area contributed by atoms with Crippen molar-refractivity contribution in [3.8, 4) is 0 Å². The molecule has 0 fully saturated rings. The second kappa shape index (κ2) is 3.44. The SMILES string of the molecule is Nc1cccc2c1N(CC(F)F)CC2. The molecule has 0 radical (unpaired) electrons. The van der Waals surface area contributed by atoms with Crippen LogP contribution in [0.2, 0.25) is 0 Å². The van der Waals surface area contributed by atoms with Gasteiger partial charge in [0.15, 0.2) is 0 Å². The second-order valence-electron chi connectivity index (χ2n) is 3.44. The van der Waals surface area contributed by atoms with E-state index in [0.717, 1.165) is 17.7 Å². The molecule has 0 bridgehead atoms. The lowest BCUT2D eigenvalue weighted by Crippen LogP contribution is -2.27. The lowest BCUT2D eigenvalue weighted by molar-refractivity contribution is 0.155. The van der Waals surface area contributed by atoms with Crippen molar-refractivity contribution < 1.29 is 8.78 Å². The third-order valence-electron chi connectivity index (χ3n) is 2.48. The Hall–Kier alpha value is -1.32. The fourth-order valence-corrected chi connectivity index (χ4v) is 1.91. The number of hydrogen-bond donors (Lipinski definition) is 1. The number of anilines is 2. The summed E-state index contributed by atoms with van der Waals surface area (Å²) in [7, 11) is 0. The summed E-state index contributed by atoms with van der Waals surface area (Å²) >= 11 is 0. The summed E-state index contributed by atoms with van der Waals surface area (Å²) in [6.07, 6.45) is -1.49. The first-order valence-corrected chi connectivity index (χ1v) is 4.59. The Labute approximate surface area is 81.3 Å².